The second kappa shape index (κ2) is 6.28. The number of hydrogen-bond acceptors (Lipinski definition) is 4. The number of carbonyl (C=O) groups is 1. The maximum atomic E-state index is 11.7. The van der Waals surface area contributed by atoms with E-state index in [1.165, 1.54) is 11.8 Å². The predicted molar refractivity (Wildman–Crippen MR) is 93.5 cm³/mol. The molecule has 6 heteroatoms. The van der Waals surface area contributed by atoms with Gasteiger partial charge in [0.1, 0.15) is 10.9 Å². The molecule has 4 rings (SSSR count). The van der Waals surface area contributed by atoms with Crippen molar-refractivity contribution in [2.24, 2.45) is 5.92 Å². The van der Waals surface area contributed by atoms with Gasteiger partial charge in [0.05, 0.1) is 11.9 Å². The maximum Gasteiger partial charge on any atom is 0.317 e. The van der Waals surface area contributed by atoms with E-state index >= 15 is 0 Å². The minimum Gasteiger partial charge on any atom is -0.480 e. The molecule has 3 aromatic rings. The van der Waals surface area contributed by atoms with Gasteiger partial charge in [0.15, 0.2) is 0 Å². The highest BCUT2D eigenvalue weighted by molar-refractivity contribution is 8.00. The molecule has 0 amide bonds. The van der Waals surface area contributed by atoms with Crippen LogP contribution in [0.4, 0.5) is 0 Å². The van der Waals surface area contributed by atoms with Gasteiger partial charge in [-0.1, -0.05) is 6.42 Å². The zero-order valence-corrected chi connectivity index (χ0v) is 13.8. The molecule has 0 spiro atoms. The first-order valence-electron chi connectivity index (χ1n) is 8.00. The summed E-state index contributed by atoms with van der Waals surface area (Å²) in [6, 6.07) is 7.77. The van der Waals surface area contributed by atoms with Gasteiger partial charge in [-0.05, 0) is 43.0 Å². The SMILES string of the molecule is O=C(O)C(Sc1ccnc2c1ccn2-c1cccnc1)C1CCC1. The van der Waals surface area contributed by atoms with Crippen molar-refractivity contribution in [3.63, 3.8) is 0 Å². The van der Waals surface area contributed by atoms with E-state index in [4.69, 9.17) is 0 Å². The first kappa shape index (κ1) is 15.2. The molecular formula is C18H17N3O2S. The molecule has 1 N–H and O–H groups in total. The molecule has 1 aliphatic carbocycles. The van der Waals surface area contributed by atoms with Crippen LogP contribution in [0.5, 0.6) is 0 Å². The third-order valence-corrected chi connectivity index (χ3v) is 6.00. The van der Waals surface area contributed by atoms with E-state index in [-0.39, 0.29) is 11.2 Å². The van der Waals surface area contributed by atoms with Gasteiger partial charge in [0.25, 0.3) is 0 Å². The summed E-state index contributed by atoms with van der Waals surface area (Å²) in [6.07, 6.45) is 10.4. The van der Waals surface area contributed by atoms with E-state index < -0.39 is 5.97 Å². The van der Waals surface area contributed by atoms with Crippen LogP contribution >= 0.6 is 11.8 Å². The van der Waals surface area contributed by atoms with Crippen LogP contribution in [0.25, 0.3) is 16.7 Å². The van der Waals surface area contributed by atoms with Crippen LogP contribution in [0.1, 0.15) is 19.3 Å². The Morgan fingerprint density at radius 1 is 1.29 bits per heavy atom. The monoisotopic (exact) mass is 339 g/mol. The third kappa shape index (κ3) is 2.67. The summed E-state index contributed by atoms with van der Waals surface area (Å²) in [6.45, 7) is 0. The Morgan fingerprint density at radius 3 is 2.83 bits per heavy atom. The van der Waals surface area contributed by atoms with Gasteiger partial charge in [0.2, 0.25) is 0 Å². The van der Waals surface area contributed by atoms with Crippen molar-refractivity contribution in [1.82, 2.24) is 14.5 Å². The molecule has 24 heavy (non-hydrogen) atoms. The lowest BCUT2D eigenvalue weighted by Gasteiger charge is -2.30. The number of nitrogens with zero attached hydrogens (tertiary/aromatic N) is 3. The molecule has 122 valence electrons. The molecule has 1 fully saturated rings. The second-order valence-corrected chi connectivity index (χ2v) is 7.19. The highest BCUT2D eigenvalue weighted by Gasteiger charge is 2.33. The van der Waals surface area contributed by atoms with Gasteiger partial charge < -0.3 is 5.11 Å². The third-order valence-electron chi connectivity index (χ3n) is 4.55. The molecule has 1 unspecified atom stereocenters. The Hall–Kier alpha value is -2.34. The Kier molecular flexibility index (Phi) is 3.98. The topological polar surface area (TPSA) is 68.0 Å². The average molecular weight is 339 g/mol. The van der Waals surface area contributed by atoms with Crippen LogP contribution in [-0.4, -0.2) is 30.9 Å². The van der Waals surface area contributed by atoms with E-state index in [1.807, 2.05) is 35.0 Å². The minimum atomic E-state index is -0.721. The van der Waals surface area contributed by atoms with Crippen LogP contribution < -0.4 is 0 Å². The average Bonchev–Trinajstić information content (AvgIpc) is 2.98. The lowest BCUT2D eigenvalue weighted by atomic mass is 9.83. The van der Waals surface area contributed by atoms with Crippen molar-refractivity contribution < 1.29 is 9.90 Å². The van der Waals surface area contributed by atoms with Crippen LogP contribution in [0.15, 0.2) is 53.9 Å². The second-order valence-electron chi connectivity index (χ2n) is 6.01. The molecule has 3 aromatic heterocycles. The van der Waals surface area contributed by atoms with Gasteiger partial charge in [-0.15, -0.1) is 11.8 Å². The zero-order valence-electron chi connectivity index (χ0n) is 13.0. The number of fused-ring (bicyclic) bond motifs is 1. The Labute approximate surface area is 143 Å². The van der Waals surface area contributed by atoms with Crippen molar-refractivity contribution in [3.8, 4) is 5.69 Å². The summed E-state index contributed by atoms with van der Waals surface area (Å²) < 4.78 is 1.98. The van der Waals surface area contributed by atoms with Gasteiger partial charge in [-0.25, -0.2) is 4.98 Å². The van der Waals surface area contributed by atoms with Crippen molar-refractivity contribution >= 4 is 28.8 Å². The van der Waals surface area contributed by atoms with Crippen LogP contribution in [0.3, 0.4) is 0 Å². The molecule has 3 heterocycles. The number of pyridine rings is 2. The van der Waals surface area contributed by atoms with Crippen molar-refractivity contribution in [2.45, 2.75) is 29.4 Å². The Balaban J connectivity index is 1.72. The largest absolute Gasteiger partial charge is 0.480 e. The molecule has 1 atom stereocenters. The van der Waals surface area contributed by atoms with Gasteiger partial charge in [0, 0.05) is 28.9 Å². The van der Waals surface area contributed by atoms with Crippen LogP contribution in [0, 0.1) is 5.92 Å². The van der Waals surface area contributed by atoms with E-state index in [9.17, 15) is 9.90 Å². The summed E-state index contributed by atoms with van der Waals surface area (Å²) in [5.41, 5.74) is 1.77. The number of thioether (sulfide) groups is 1. The molecule has 0 bridgehead atoms. The first-order valence-corrected chi connectivity index (χ1v) is 8.88. The predicted octanol–water partition coefficient (Wildman–Crippen LogP) is 3.77. The van der Waals surface area contributed by atoms with Crippen molar-refractivity contribution in [1.29, 1.82) is 0 Å². The number of carboxylic acids is 1. The molecule has 5 nitrogen and oxygen atoms in total. The number of aliphatic carboxylic acids is 1. The maximum absolute atomic E-state index is 11.7. The zero-order chi connectivity index (χ0) is 16.5. The summed E-state index contributed by atoms with van der Waals surface area (Å²) in [7, 11) is 0. The smallest absolute Gasteiger partial charge is 0.317 e. The van der Waals surface area contributed by atoms with E-state index in [0.717, 1.165) is 40.9 Å². The van der Waals surface area contributed by atoms with Crippen LogP contribution in [-0.2, 0) is 4.79 Å². The fourth-order valence-corrected chi connectivity index (χ4v) is 4.31. The lowest BCUT2D eigenvalue weighted by molar-refractivity contribution is -0.138. The molecule has 0 saturated heterocycles. The molecule has 0 aliphatic heterocycles. The summed E-state index contributed by atoms with van der Waals surface area (Å²) in [4.78, 5) is 21.3. The lowest BCUT2D eigenvalue weighted by Crippen LogP contribution is -2.31. The summed E-state index contributed by atoms with van der Waals surface area (Å²) in [5, 5.41) is 10.2. The fraction of sp³-hybridized carbons (Fsp3) is 0.278. The number of carboxylic acid groups (broad SMARTS) is 1. The molecular weight excluding hydrogens is 322 g/mol. The molecule has 0 aromatic carbocycles. The van der Waals surface area contributed by atoms with E-state index in [1.54, 1.807) is 18.6 Å². The van der Waals surface area contributed by atoms with Crippen LogP contribution in [0.2, 0.25) is 0 Å². The standard InChI is InChI=1S/C18H17N3O2S/c22-18(23)16(12-3-1-4-12)24-15-6-9-20-17-14(15)7-10-21(17)13-5-2-8-19-11-13/h2,5-12,16H,1,3-4H2,(H,22,23). The number of rotatable bonds is 5. The van der Waals surface area contributed by atoms with Gasteiger partial charge in [-0.3, -0.25) is 14.3 Å². The molecule has 1 saturated carbocycles. The first-order chi connectivity index (χ1) is 11.7. The highest BCUT2D eigenvalue weighted by atomic mass is 32.2. The Morgan fingerprint density at radius 2 is 2.17 bits per heavy atom. The highest BCUT2D eigenvalue weighted by Crippen LogP contribution is 2.41. The molecule has 0 radical (unpaired) electrons. The van der Waals surface area contributed by atoms with Gasteiger partial charge >= 0.3 is 5.97 Å². The summed E-state index contributed by atoms with van der Waals surface area (Å²) in [5.74, 6) is -0.447. The summed E-state index contributed by atoms with van der Waals surface area (Å²) >= 11 is 1.45. The quantitative estimate of drug-likeness (QED) is 0.717. The normalized spacial score (nSPS) is 16.0. The molecule has 1 aliphatic rings. The van der Waals surface area contributed by atoms with E-state index in [2.05, 4.69) is 9.97 Å². The Bertz CT molecular complexity index is 874. The van der Waals surface area contributed by atoms with Crippen molar-refractivity contribution in [3.05, 3.63) is 49.1 Å². The van der Waals surface area contributed by atoms with Gasteiger partial charge in [-0.2, -0.15) is 0 Å². The number of aromatic nitrogens is 3. The number of hydrogen-bond donors (Lipinski definition) is 1. The minimum absolute atomic E-state index is 0.274. The van der Waals surface area contributed by atoms with E-state index in [0.29, 0.717) is 0 Å². The van der Waals surface area contributed by atoms with Crippen molar-refractivity contribution in [2.75, 3.05) is 0 Å². The fourth-order valence-electron chi connectivity index (χ4n) is 3.05.